The molecule has 3 aromatic rings. The number of nitro groups is 1. The maximum absolute atomic E-state index is 12.4. The van der Waals surface area contributed by atoms with Gasteiger partial charge in [0.2, 0.25) is 0 Å². The first-order valence-electron chi connectivity index (χ1n) is 9.35. The summed E-state index contributed by atoms with van der Waals surface area (Å²) in [6.07, 6.45) is 1.55. The van der Waals surface area contributed by atoms with E-state index in [9.17, 15) is 14.9 Å². The molecule has 3 rings (SSSR count). The van der Waals surface area contributed by atoms with Crippen molar-refractivity contribution < 1.29 is 19.2 Å². The number of rotatable bonds is 7. The van der Waals surface area contributed by atoms with Crippen LogP contribution in [0.3, 0.4) is 0 Å². The van der Waals surface area contributed by atoms with E-state index in [0.29, 0.717) is 22.7 Å². The van der Waals surface area contributed by atoms with Crippen LogP contribution in [0.25, 0.3) is 5.69 Å². The molecule has 1 N–H and O–H groups in total. The first-order chi connectivity index (χ1) is 14.9. The number of hydrogen-bond donors (Lipinski definition) is 1. The number of aromatic nitrogens is 1. The maximum Gasteiger partial charge on any atom is 0.275 e. The topological polar surface area (TPSA) is 108 Å². The molecule has 0 radical (unpaired) electrons. The number of ether oxygens (including phenoxy) is 2. The Morgan fingerprint density at radius 1 is 1.10 bits per heavy atom. The Labute approximate surface area is 179 Å². The summed E-state index contributed by atoms with van der Waals surface area (Å²) >= 11 is 0. The highest BCUT2D eigenvalue weighted by Gasteiger charge is 2.17. The van der Waals surface area contributed by atoms with E-state index >= 15 is 0 Å². The summed E-state index contributed by atoms with van der Waals surface area (Å²) < 4.78 is 12.5. The number of para-hydroxylation sites is 1. The molecule has 0 saturated heterocycles. The van der Waals surface area contributed by atoms with Crippen LogP contribution in [0.2, 0.25) is 0 Å². The first kappa shape index (κ1) is 21.6. The van der Waals surface area contributed by atoms with Gasteiger partial charge in [0.05, 0.1) is 42.7 Å². The highest BCUT2D eigenvalue weighted by molar-refractivity contribution is 5.97. The lowest BCUT2D eigenvalue weighted by Crippen LogP contribution is -2.18. The zero-order chi connectivity index (χ0) is 22.5. The number of methoxy groups -OCH3 is 2. The molecule has 9 nitrogen and oxygen atoms in total. The lowest BCUT2D eigenvalue weighted by molar-refractivity contribution is -0.384. The van der Waals surface area contributed by atoms with Crippen LogP contribution in [0, 0.1) is 24.0 Å². The lowest BCUT2D eigenvalue weighted by Gasteiger charge is -2.13. The predicted octanol–water partition coefficient (Wildman–Crippen LogP) is 3.78. The molecular weight excluding hydrogens is 400 g/mol. The Bertz CT molecular complexity index is 1170. The van der Waals surface area contributed by atoms with Gasteiger partial charge in [0.15, 0.2) is 0 Å². The molecule has 0 aliphatic heterocycles. The largest absolute Gasteiger partial charge is 0.496 e. The van der Waals surface area contributed by atoms with Gasteiger partial charge in [0, 0.05) is 23.0 Å². The minimum Gasteiger partial charge on any atom is -0.496 e. The van der Waals surface area contributed by atoms with E-state index in [-0.39, 0.29) is 11.6 Å². The number of nitrogens with one attached hydrogen (secondary N) is 1. The molecule has 31 heavy (non-hydrogen) atoms. The molecule has 0 unspecified atom stereocenters. The molecule has 1 heterocycles. The molecule has 0 saturated carbocycles. The highest BCUT2D eigenvalue weighted by Crippen LogP contribution is 2.31. The van der Waals surface area contributed by atoms with Gasteiger partial charge in [0.25, 0.3) is 11.6 Å². The van der Waals surface area contributed by atoms with Gasteiger partial charge in [-0.1, -0.05) is 12.1 Å². The third-order valence-corrected chi connectivity index (χ3v) is 4.81. The Kier molecular flexibility index (Phi) is 6.35. The van der Waals surface area contributed by atoms with Gasteiger partial charge in [0.1, 0.15) is 11.5 Å². The third kappa shape index (κ3) is 4.40. The van der Waals surface area contributed by atoms with E-state index in [4.69, 9.17) is 9.47 Å². The fraction of sp³-hybridized carbons (Fsp3) is 0.182. The number of hydrogen-bond acceptors (Lipinski definition) is 6. The number of aryl methyl sites for hydroxylation is 1. The van der Waals surface area contributed by atoms with Crippen LogP contribution in [0.4, 0.5) is 5.69 Å². The van der Waals surface area contributed by atoms with E-state index in [1.807, 2.05) is 24.5 Å². The second kappa shape index (κ2) is 9.12. The molecule has 2 aromatic carbocycles. The summed E-state index contributed by atoms with van der Waals surface area (Å²) in [4.78, 5) is 23.0. The van der Waals surface area contributed by atoms with Crippen molar-refractivity contribution in [3.05, 3.63) is 81.2 Å². The zero-order valence-corrected chi connectivity index (χ0v) is 17.6. The van der Waals surface area contributed by atoms with Crippen LogP contribution >= 0.6 is 0 Å². The summed E-state index contributed by atoms with van der Waals surface area (Å²) in [6.45, 7) is 3.79. The average molecular weight is 422 g/mol. The molecule has 0 spiro atoms. The zero-order valence-electron chi connectivity index (χ0n) is 17.6. The Hall–Kier alpha value is -4.14. The van der Waals surface area contributed by atoms with Crippen LogP contribution in [0.15, 0.2) is 53.6 Å². The first-order valence-corrected chi connectivity index (χ1v) is 9.35. The number of hydrazone groups is 1. The number of nitro benzene ring substituents is 1. The molecule has 1 amide bonds. The van der Waals surface area contributed by atoms with E-state index in [0.717, 1.165) is 17.0 Å². The predicted molar refractivity (Wildman–Crippen MR) is 117 cm³/mol. The number of carbonyl (C=O) groups excluding carboxylic acids is 1. The molecule has 9 heteroatoms. The summed E-state index contributed by atoms with van der Waals surface area (Å²) in [5, 5.41) is 15.1. The molecule has 0 fully saturated rings. The van der Waals surface area contributed by atoms with Crippen molar-refractivity contribution in [2.24, 2.45) is 5.10 Å². The quantitative estimate of drug-likeness (QED) is 0.354. The van der Waals surface area contributed by atoms with E-state index in [1.165, 1.54) is 26.4 Å². The second-order valence-corrected chi connectivity index (χ2v) is 6.67. The minimum atomic E-state index is -0.468. The normalized spacial score (nSPS) is 10.8. The number of nitrogens with zero attached hydrogens (tertiary/aromatic N) is 3. The van der Waals surface area contributed by atoms with Crippen molar-refractivity contribution in [3.63, 3.8) is 0 Å². The van der Waals surface area contributed by atoms with Crippen LogP contribution in [0.5, 0.6) is 11.5 Å². The summed E-state index contributed by atoms with van der Waals surface area (Å²) in [7, 11) is 2.96. The van der Waals surface area contributed by atoms with Crippen molar-refractivity contribution in [1.82, 2.24) is 9.99 Å². The van der Waals surface area contributed by atoms with Gasteiger partial charge in [-0.3, -0.25) is 14.9 Å². The van der Waals surface area contributed by atoms with Crippen molar-refractivity contribution in [2.75, 3.05) is 14.2 Å². The lowest BCUT2D eigenvalue weighted by atomic mass is 10.2. The summed E-state index contributed by atoms with van der Waals surface area (Å²) in [5.74, 6) is 0.446. The van der Waals surface area contributed by atoms with Gasteiger partial charge in [-0.15, -0.1) is 0 Å². The monoisotopic (exact) mass is 422 g/mol. The van der Waals surface area contributed by atoms with Gasteiger partial charge in [-0.05, 0) is 38.1 Å². The number of non-ortho nitro benzene ring substituents is 1. The van der Waals surface area contributed by atoms with Crippen molar-refractivity contribution in [3.8, 4) is 17.2 Å². The SMILES string of the molecule is COc1ccccc1C(=O)N/N=C\c1cc(C)n(-c2ccc([N+](=O)[O-])cc2OC)c1C. The van der Waals surface area contributed by atoms with Crippen molar-refractivity contribution in [1.29, 1.82) is 0 Å². The average Bonchev–Trinajstić information content (AvgIpc) is 3.05. The van der Waals surface area contributed by atoms with E-state index in [1.54, 1.807) is 36.5 Å². The van der Waals surface area contributed by atoms with Crippen LogP contribution in [0.1, 0.15) is 27.3 Å². The molecule has 0 bridgehead atoms. The summed E-state index contributed by atoms with van der Waals surface area (Å²) in [6, 6.07) is 13.2. The fourth-order valence-corrected chi connectivity index (χ4v) is 3.31. The van der Waals surface area contributed by atoms with Gasteiger partial charge in [-0.2, -0.15) is 5.10 Å². The summed E-state index contributed by atoms with van der Waals surface area (Å²) in [5.41, 5.74) is 5.98. The number of benzene rings is 2. The smallest absolute Gasteiger partial charge is 0.275 e. The molecule has 0 aliphatic carbocycles. The van der Waals surface area contributed by atoms with E-state index in [2.05, 4.69) is 10.5 Å². The second-order valence-electron chi connectivity index (χ2n) is 6.67. The van der Waals surface area contributed by atoms with Crippen molar-refractivity contribution >= 4 is 17.8 Å². The van der Waals surface area contributed by atoms with Gasteiger partial charge < -0.3 is 14.0 Å². The Balaban J connectivity index is 1.87. The molecule has 1 aromatic heterocycles. The standard InChI is InChI=1S/C22H22N4O5/c1-14-11-16(13-23-24-22(27)18-7-5-6-8-20(18)30-3)15(2)25(14)19-10-9-17(26(28)29)12-21(19)31-4/h5-13H,1-4H3,(H,24,27)/b23-13-. The fourth-order valence-electron chi connectivity index (χ4n) is 3.31. The maximum atomic E-state index is 12.4. The molecule has 160 valence electrons. The molecule has 0 aliphatic rings. The third-order valence-electron chi connectivity index (χ3n) is 4.81. The minimum absolute atomic E-state index is 0.0519. The molecular formula is C22H22N4O5. The molecule has 0 atom stereocenters. The number of amides is 1. The number of carbonyl (C=O) groups is 1. The Morgan fingerprint density at radius 2 is 1.81 bits per heavy atom. The highest BCUT2D eigenvalue weighted by atomic mass is 16.6. The Morgan fingerprint density at radius 3 is 2.48 bits per heavy atom. The van der Waals surface area contributed by atoms with Crippen molar-refractivity contribution in [2.45, 2.75) is 13.8 Å². The van der Waals surface area contributed by atoms with E-state index < -0.39 is 4.92 Å². The van der Waals surface area contributed by atoms with Gasteiger partial charge in [-0.25, -0.2) is 5.43 Å². The van der Waals surface area contributed by atoms with Crippen LogP contribution < -0.4 is 14.9 Å². The van der Waals surface area contributed by atoms with Crippen LogP contribution in [-0.4, -0.2) is 35.8 Å². The van der Waals surface area contributed by atoms with Crippen LogP contribution in [-0.2, 0) is 0 Å². The van der Waals surface area contributed by atoms with Gasteiger partial charge >= 0.3 is 0 Å².